The second kappa shape index (κ2) is 6.63. The molecule has 3 nitrogen and oxygen atoms in total. The van der Waals surface area contributed by atoms with Crippen LogP contribution in [-0.2, 0) is 11.2 Å². The molecular formula is C19H20ClNO2. The minimum absolute atomic E-state index is 0.0938. The lowest BCUT2D eigenvalue weighted by atomic mass is 9.77. The van der Waals surface area contributed by atoms with Crippen LogP contribution in [0.1, 0.15) is 29.5 Å². The van der Waals surface area contributed by atoms with Gasteiger partial charge in [0, 0.05) is 17.5 Å². The quantitative estimate of drug-likeness (QED) is 0.904. The van der Waals surface area contributed by atoms with Crippen LogP contribution in [0.4, 0.5) is 0 Å². The molecule has 2 atom stereocenters. The van der Waals surface area contributed by atoms with E-state index in [1.807, 2.05) is 19.1 Å². The van der Waals surface area contributed by atoms with E-state index in [-0.39, 0.29) is 5.91 Å². The number of halogens is 1. The van der Waals surface area contributed by atoms with Crippen molar-refractivity contribution in [3.8, 4) is 5.75 Å². The van der Waals surface area contributed by atoms with Crippen LogP contribution >= 0.6 is 11.6 Å². The summed E-state index contributed by atoms with van der Waals surface area (Å²) in [7, 11) is 0. The Morgan fingerprint density at radius 2 is 2.13 bits per heavy atom. The van der Waals surface area contributed by atoms with Crippen molar-refractivity contribution >= 4 is 17.5 Å². The van der Waals surface area contributed by atoms with E-state index in [0.29, 0.717) is 23.2 Å². The molecule has 1 N–H and O–H groups in total. The van der Waals surface area contributed by atoms with Gasteiger partial charge in [-0.05, 0) is 55.2 Å². The molecule has 0 saturated carbocycles. The zero-order chi connectivity index (χ0) is 16.4. The van der Waals surface area contributed by atoms with Crippen LogP contribution in [0, 0.1) is 6.92 Å². The number of fused-ring (bicyclic) bond motifs is 1. The Bertz CT molecular complexity index is 729. The van der Waals surface area contributed by atoms with E-state index >= 15 is 0 Å². The third kappa shape index (κ3) is 3.50. The molecule has 120 valence electrons. The van der Waals surface area contributed by atoms with Crippen molar-refractivity contribution in [2.24, 2.45) is 0 Å². The van der Waals surface area contributed by atoms with Gasteiger partial charge >= 0.3 is 0 Å². The first-order valence-corrected chi connectivity index (χ1v) is 8.20. The highest BCUT2D eigenvalue weighted by Gasteiger charge is 2.26. The summed E-state index contributed by atoms with van der Waals surface area (Å²) >= 11 is 5.93. The van der Waals surface area contributed by atoms with Gasteiger partial charge in [-0.25, -0.2) is 0 Å². The monoisotopic (exact) mass is 329 g/mol. The largest absolute Gasteiger partial charge is 0.481 e. The second-order valence-electron chi connectivity index (χ2n) is 6.01. The SMILES string of the molecule is Cc1cc(Cl)ccc1OC(C)C(=O)NCC1Cc2ccccc21. The topological polar surface area (TPSA) is 38.3 Å². The highest BCUT2D eigenvalue weighted by atomic mass is 35.5. The number of aryl methyl sites for hydroxylation is 1. The molecule has 0 fully saturated rings. The van der Waals surface area contributed by atoms with E-state index in [9.17, 15) is 4.79 Å². The number of carbonyl (C=O) groups excluding carboxylic acids is 1. The summed E-state index contributed by atoms with van der Waals surface area (Å²) in [6, 6.07) is 13.8. The summed E-state index contributed by atoms with van der Waals surface area (Å²) in [5, 5.41) is 3.65. The molecule has 2 aromatic carbocycles. The smallest absolute Gasteiger partial charge is 0.260 e. The lowest BCUT2D eigenvalue weighted by Crippen LogP contribution is -2.40. The number of carbonyl (C=O) groups is 1. The lowest BCUT2D eigenvalue weighted by molar-refractivity contribution is -0.127. The van der Waals surface area contributed by atoms with Crippen molar-refractivity contribution in [1.82, 2.24) is 5.32 Å². The van der Waals surface area contributed by atoms with Crippen LogP contribution < -0.4 is 10.1 Å². The fourth-order valence-electron chi connectivity index (χ4n) is 2.90. The Morgan fingerprint density at radius 1 is 1.35 bits per heavy atom. The van der Waals surface area contributed by atoms with E-state index in [0.717, 1.165) is 12.0 Å². The van der Waals surface area contributed by atoms with Gasteiger partial charge in [-0.3, -0.25) is 4.79 Å². The van der Waals surface area contributed by atoms with Crippen LogP contribution in [0.5, 0.6) is 5.75 Å². The number of rotatable bonds is 5. The highest BCUT2D eigenvalue weighted by molar-refractivity contribution is 6.30. The van der Waals surface area contributed by atoms with Gasteiger partial charge < -0.3 is 10.1 Å². The normalized spacial score (nSPS) is 16.9. The summed E-state index contributed by atoms with van der Waals surface area (Å²) < 4.78 is 5.74. The first-order chi connectivity index (χ1) is 11.0. The molecule has 2 aromatic rings. The van der Waals surface area contributed by atoms with Gasteiger partial charge in [0.1, 0.15) is 5.75 Å². The molecule has 0 aliphatic heterocycles. The number of hydrogen-bond donors (Lipinski definition) is 1. The van der Waals surface area contributed by atoms with Gasteiger partial charge in [0.05, 0.1) is 0 Å². The van der Waals surface area contributed by atoms with E-state index < -0.39 is 6.10 Å². The molecule has 1 amide bonds. The molecule has 0 heterocycles. The van der Waals surface area contributed by atoms with Gasteiger partial charge in [0.25, 0.3) is 5.91 Å². The molecule has 0 radical (unpaired) electrons. The Labute approximate surface area is 141 Å². The summed E-state index contributed by atoms with van der Waals surface area (Å²) in [6.07, 6.45) is 0.493. The van der Waals surface area contributed by atoms with Crippen molar-refractivity contribution in [2.75, 3.05) is 6.54 Å². The molecule has 0 bridgehead atoms. The average Bonchev–Trinajstić information content (AvgIpc) is 2.50. The molecule has 1 aliphatic rings. The van der Waals surface area contributed by atoms with Crippen LogP contribution in [-0.4, -0.2) is 18.6 Å². The maximum absolute atomic E-state index is 12.2. The maximum atomic E-state index is 12.2. The molecule has 0 saturated heterocycles. The van der Waals surface area contributed by atoms with Crippen molar-refractivity contribution in [1.29, 1.82) is 0 Å². The van der Waals surface area contributed by atoms with Crippen LogP contribution in [0.2, 0.25) is 5.02 Å². The predicted molar refractivity (Wildman–Crippen MR) is 92.2 cm³/mol. The highest BCUT2D eigenvalue weighted by Crippen LogP contribution is 2.34. The van der Waals surface area contributed by atoms with Crippen molar-refractivity contribution in [3.05, 3.63) is 64.2 Å². The number of nitrogens with one attached hydrogen (secondary N) is 1. The second-order valence-corrected chi connectivity index (χ2v) is 6.45. The fraction of sp³-hybridized carbons (Fsp3) is 0.316. The first-order valence-electron chi connectivity index (χ1n) is 7.83. The van der Waals surface area contributed by atoms with Gasteiger partial charge in [-0.15, -0.1) is 0 Å². The number of amides is 1. The summed E-state index contributed by atoms with van der Waals surface area (Å²) in [5.41, 5.74) is 3.65. The molecule has 0 aromatic heterocycles. The lowest BCUT2D eigenvalue weighted by Gasteiger charge is -2.30. The van der Waals surface area contributed by atoms with Crippen molar-refractivity contribution in [3.63, 3.8) is 0 Å². The molecule has 0 spiro atoms. The summed E-state index contributed by atoms with van der Waals surface area (Å²) in [4.78, 5) is 12.2. The van der Waals surface area contributed by atoms with Crippen LogP contribution in [0.3, 0.4) is 0 Å². The third-order valence-electron chi connectivity index (χ3n) is 4.29. The van der Waals surface area contributed by atoms with E-state index in [2.05, 4.69) is 23.5 Å². The third-order valence-corrected chi connectivity index (χ3v) is 4.53. The Balaban J connectivity index is 1.52. The van der Waals surface area contributed by atoms with Crippen molar-refractivity contribution < 1.29 is 9.53 Å². The van der Waals surface area contributed by atoms with E-state index in [4.69, 9.17) is 16.3 Å². The van der Waals surface area contributed by atoms with Gasteiger partial charge in [-0.2, -0.15) is 0 Å². The number of hydrogen-bond acceptors (Lipinski definition) is 2. The molecule has 3 rings (SSSR count). The molecule has 1 aliphatic carbocycles. The van der Waals surface area contributed by atoms with Gasteiger partial charge in [0.2, 0.25) is 0 Å². The Hall–Kier alpha value is -2.00. The van der Waals surface area contributed by atoms with Crippen molar-refractivity contribution in [2.45, 2.75) is 32.3 Å². The molecular weight excluding hydrogens is 310 g/mol. The van der Waals surface area contributed by atoms with Crippen LogP contribution in [0.25, 0.3) is 0 Å². The standard InChI is InChI=1S/C19H20ClNO2/c1-12-9-16(20)7-8-18(12)23-13(2)19(22)21-11-15-10-14-5-3-4-6-17(14)15/h3-9,13,15H,10-11H2,1-2H3,(H,21,22). The zero-order valence-corrected chi connectivity index (χ0v) is 14.1. The number of benzene rings is 2. The Morgan fingerprint density at radius 3 is 2.87 bits per heavy atom. The molecule has 2 unspecified atom stereocenters. The maximum Gasteiger partial charge on any atom is 0.260 e. The zero-order valence-electron chi connectivity index (χ0n) is 13.3. The van der Waals surface area contributed by atoms with Gasteiger partial charge in [0.15, 0.2) is 6.10 Å². The minimum atomic E-state index is -0.537. The fourth-order valence-corrected chi connectivity index (χ4v) is 3.13. The average molecular weight is 330 g/mol. The molecule has 23 heavy (non-hydrogen) atoms. The minimum Gasteiger partial charge on any atom is -0.481 e. The van der Waals surface area contributed by atoms with Gasteiger partial charge in [-0.1, -0.05) is 35.9 Å². The Kier molecular flexibility index (Phi) is 4.58. The molecule has 4 heteroatoms. The summed E-state index contributed by atoms with van der Waals surface area (Å²) in [5.74, 6) is 1.01. The van der Waals surface area contributed by atoms with Crippen LogP contribution in [0.15, 0.2) is 42.5 Å². The summed E-state index contributed by atoms with van der Waals surface area (Å²) in [6.45, 7) is 4.33. The predicted octanol–water partition coefficient (Wildman–Crippen LogP) is 3.87. The first kappa shape index (κ1) is 15.9. The van der Waals surface area contributed by atoms with E-state index in [1.54, 1.807) is 19.1 Å². The van der Waals surface area contributed by atoms with E-state index in [1.165, 1.54) is 11.1 Å². The number of ether oxygens (including phenoxy) is 1.